The summed E-state index contributed by atoms with van der Waals surface area (Å²) in [6.45, 7) is 4.48. The molecule has 0 bridgehead atoms. The molecule has 1 aromatic rings. The van der Waals surface area contributed by atoms with Crippen LogP contribution in [-0.2, 0) is 17.7 Å². The summed E-state index contributed by atoms with van der Waals surface area (Å²) < 4.78 is 20.9. The summed E-state index contributed by atoms with van der Waals surface area (Å²) in [4.78, 5) is 0. The van der Waals surface area contributed by atoms with Crippen LogP contribution >= 0.6 is 0 Å². The highest BCUT2D eigenvalue weighted by Gasteiger charge is 2.19. The first-order valence-corrected chi connectivity index (χ1v) is 7.76. The highest BCUT2D eigenvalue weighted by molar-refractivity contribution is 5.77. The number of allylic oxidation sites excluding steroid dienone is 3. The van der Waals surface area contributed by atoms with Gasteiger partial charge in [0.15, 0.2) is 0 Å². The average molecular weight is 292 g/mol. The third kappa shape index (κ3) is 3.62. The zero-order chi connectivity index (χ0) is 15.2. The topological polar surface area (TPSA) is 27.1 Å². The molecule has 3 nitrogen and oxygen atoms in total. The van der Waals surface area contributed by atoms with Gasteiger partial charge in [-0.25, -0.2) is 4.39 Å². The zero-order valence-electron chi connectivity index (χ0n) is 13.2. The molecule has 0 aromatic carbocycles. The maximum absolute atomic E-state index is 13.4. The average Bonchev–Trinajstić information content (AvgIpc) is 3.07. The van der Waals surface area contributed by atoms with Crippen molar-refractivity contribution in [3.05, 3.63) is 35.2 Å². The van der Waals surface area contributed by atoms with Crippen LogP contribution in [0.1, 0.15) is 44.5 Å². The maximum Gasteiger partial charge on any atom is 0.115 e. The Morgan fingerprint density at radius 1 is 1.57 bits per heavy atom. The molecule has 2 heterocycles. The molecule has 4 heteroatoms. The molecule has 0 N–H and O–H groups in total. The molecule has 0 aliphatic carbocycles. The fourth-order valence-electron chi connectivity index (χ4n) is 2.79. The van der Waals surface area contributed by atoms with Crippen molar-refractivity contribution in [2.75, 3.05) is 13.8 Å². The van der Waals surface area contributed by atoms with Crippen molar-refractivity contribution in [2.24, 2.45) is 0 Å². The number of halogens is 1. The Bertz CT molecular complexity index is 509. The largest absolute Gasteiger partial charge is 0.377 e. The normalized spacial score (nSPS) is 17.1. The molecular weight excluding hydrogens is 267 g/mol. The van der Waals surface area contributed by atoms with Crippen LogP contribution in [0.15, 0.2) is 23.8 Å². The second-order valence-corrected chi connectivity index (χ2v) is 5.44. The molecule has 116 valence electrons. The number of rotatable bonds is 7. The predicted octanol–water partition coefficient (Wildman–Crippen LogP) is 3.94. The van der Waals surface area contributed by atoms with E-state index in [9.17, 15) is 4.39 Å². The maximum atomic E-state index is 13.4. The van der Waals surface area contributed by atoms with Crippen LogP contribution in [-0.4, -0.2) is 29.7 Å². The number of hydrogen-bond donors (Lipinski definition) is 0. The van der Waals surface area contributed by atoms with Crippen LogP contribution in [0.25, 0.3) is 5.57 Å². The van der Waals surface area contributed by atoms with Crippen LogP contribution < -0.4 is 0 Å². The summed E-state index contributed by atoms with van der Waals surface area (Å²) in [5.41, 5.74) is 3.68. The number of ether oxygens (including phenoxy) is 1. The highest BCUT2D eigenvalue weighted by Crippen LogP contribution is 2.27. The number of methoxy groups -OCH3 is 1. The van der Waals surface area contributed by atoms with E-state index in [2.05, 4.69) is 18.1 Å². The molecular formula is C17H25FN2O. The lowest BCUT2D eigenvalue weighted by Gasteiger charge is -2.13. The third-order valence-corrected chi connectivity index (χ3v) is 4.01. The number of nitrogens with zero attached hydrogens (tertiary/aromatic N) is 2. The Balaban J connectivity index is 2.37. The van der Waals surface area contributed by atoms with Crippen molar-refractivity contribution >= 4 is 5.57 Å². The lowest BCUT2D eigenvalue weighted by atomic mass is 9.99. The minimum atomic E-state index is -0.479. The van der Waals surface area contributed by atoms with Gasteiger partial charge in [0, 0.05) is 24.9 Å². The van der Waals surface area contributed by atoms with Gasteiger partial charge in [-0.3, -0.25) is 4.68 Å². The van der Waals surface area contributed by atoms with Gasteiger partial charge in [0.25, 0.3) is 0 Å². The van der Waals surface area contributed by atoms with Gasteiger partial charge in [-0.05, 0) is 43.9 Å². The van der Waals surface area contributed by atoms with Crippen molar-refractivity contribution in [1.29, 1.82) is 0 Å². The first kappa shape index (κ1) is 16.0. The monoisotopic (exact) mass is 292 g/mol. The summed E-state index contributed by atoms with van der Waals surface area (Å²) in [6.07, 6.45) is 8.02. The molecule has 0 saturated carbocycles. The zero-order valence-corrected chi connectivity index (χ0v) is 13.2. The number of hydrogen-bond acceptors (Lipinski definition) is 2. The molecule has 2 rings (SSSR count). The van der Waals surface area contributed by atoms with Gasteiger partial charge in [0.05, 0.1) is 11.8 Å². The molecule has 1 aliphatic rings. The van der Waals surface area contributed by atoms with E-state index in [-0.39, 0.29) is 6.10 Å². The molecule has 1 aromatic heterocycles. The Labute approximate surface area is 126 Å². The van der Waals surface area contributed by atoms with Crippen molar-refractivity contribution in [2.45, 2.75) is 52.2 Å². The number of fused-ring (bicyclic) bond motifs is 1. The Morgan fingerprint density at radius 3 is 2.95 bits per heavy atom. The van der Waals surface area contributed by atoms with Crippen molar-refractivity contribution in [3.63, 3.8) is 0 Å². The fourth-order valence-corrected chi connectivity index (χ4v) is 2.79. The van der Waals surface area contributed by atoms with Crippen LogP contribution in [0.5, 0.6) is 0 Å². The van der Waals surface area contributed by atoms with Crippen molar-refractivity contribution in [1.82, 2.24) is 9.78 Å². The fraction of sp³-hybridized carbons (Fsp3) is 0.588. The van der Waals surface area contributed by atoms with E-state index < -0.39 is 6.67 Å². The molecule has 0 spiro atoms. The predicted molar refractivity (Wildman–Crippen MR) is 84.0 cm³/mol. The Hall–Kier alpha value is -1.42. The lowest BCUT2D eigenvalue weighted by Crippen LogP contribution is -2.09. The number of alkyl halides is 1. The van der Waals surface area contributed by atoms with E-state index in [0.717, 1.165) is 43.5 Å². The van der Waals surface area contributed by atoms with Crippen molar-refractivity contribution in [3.8, 4) is 0 Å². The van der Waals surface area contributed by atoms with Gasteiger partial charge in [-0.1, -0.05) is 19.4 Å². The van der Waals surface area contributed by atoms with Gasteiger partial charge in [0.1, 0.15) is 6.67 Å². The summed E-state index contributed by atoms with van der Waals surface area (Å²) in [6, 6.07) is 2.09. The second-order valence-electron chi connectivity index (χ2n) is 5.44. The quantitative estimate of drug-likeness (QED) is 0.712. The molecule has 0 fully saturated rings. The summed E-state index contributed by atoms with van der Waals surface area (Å²) in [7, 11) is 1.70. The van der Waals surface area contributed by atoms with Gasteiger partial charge >= 0.3 is 0 Å². The summed E-state index contributed by atoms with van der Waals surface area (Å²) in [5, 5.41) is 4.64. The standard InChI is InChI=1S/C17H25FN2O/c1-4-7-15(21-3)11-16(13(5-2)12-18)17-10-14-8-6-9-20(14)19-17/h5,10-11,15H,4,6-9,12H2,1-3H3/b13-5-,16-11+. The molecule has 1 aliphatic heterocycles. The third-order valence-electron chi connectivity index (χ3n) is 4.01. The molecule has 1 unspecified atom stereocenters. The second kappa shape index (κ2) is 7.55. The van der Waals surface area contributed by atoms with Crippen molar-refractivity contribution < 1.29 is 9.13 Å². The molecule has 0 radical (unpaired) electrons. The van der Waals surface area contributed by atoms with Crippen LogP contribution in [0.4, 0.5) is 4.39 Å². The minimum Gasteiger partial charge on any atom is -0.377 e. The van der Waals surface area contributed by atoms with Gasteiger partial charge in [-0.15, -0.1) is 0 Å². The Kier molecular flexibility index (Phi) is 5.74. The van der Waals surface area contributed by atoms with E-state index in [4.69, 9.17) is 4.74 Å². The van der Waals surface area contributed by atoms with E-state index in [1.54, 1.807) is 7.11 Å². The van der Waals surface area contributed by atoms with Crippen LogP contribution in [0, 0.1) is 0 Å². The van der Waals surface area contributed by atoms with Crippen LogP contribution in [0.2, 0.25) is 0 Å². The number of aromatic nitrogens is 2. The first-order chi connectivity index (χ1) is 10.2. The van der Waals surface area contributed by atoms with Gasteiger partial charge in [0.2, 0.25) is 0 Å². The molecule has 1 atom stereocenters. The highest BCUT2D eigenvalue weighted by atomic mass is 19.1. The van der Waals surface area contributed by atoms with Gasteiger partial charge < -0.3 is 4.74 Å². The van der Waals surface area contributed by atoms with E-state index in [1.807, 2.05) is 23.8 Å². The van der Waals surface area contributed by atoms with Gasteiger partial charge in [-0.2, -0.15) is 5.10 Å². The van der Waals surface area contributed by atoms with E-state index >= 15 is 0 Å². The van der Waals surface area contributed by atoms with Crippen LogP contribution in [0.3, 0.4) is 0 Å². The molecule has 0 amide bonds. The van der Waals surface area contributed by atoms with E-state index in [1.165, 1.54) is 5.69 Å². The lowest BCUT2D eigenvalue weighted by molar-refractivity contribution is 0.133. The molecule has 0 saturated heterocycles. The molecule has 21 heavy (non-hydrogen) atoms. The summed E-state index contributed by atoms with van der Waals surface area (Å²) in [5.74, 6) is 0. The first-order valence-electron chi connectivity index (χ1n) is 7.76. The minimum absolute atomic E-state index is 0.00282. The number of aryl methyl sites for hydroxylation is 2. The SMILES string of the molecule is C/C=C(CF)\C(=C/C(CCC)OC)c1cc2n(n1)CCC2. The smallest absolute Gasteiger partial charge is 0.115 e. The summed E-state index contributed by atoms with van der Waals surface area (Å²) >= 11 is 0. The van der Waals surface area contributed by atoms with E-state index in [0.29, 0.717) is 5.57 Å². The Morgan fingerprint density at radius 2 is 2.38 bits per heavy atom.